The summed E-state index contributed by atoms with van der Waals surface area (Å²) in [5.74, 6) is 0.955. The van der Waals surface area contributed by atoms with Gasteiger partial charge in [0.1, 0.15) is 10.7 Å². The van der Waals surface area contributed by atoms with E-state index in [9.17, 15) is 8.42 Å². The molecular formula is C16H19ClN4O4S. The molecule has 0 aliphatic rings. The summed E-state index contributed by atoms with van der Waals surface area (Å²) in [7, 11) is -0.699. The summed E-state index contributed by atoms with van der Waals surface area (Å²) in [5.41, 5.74) is 7.33. The zero-order valence-electron chi connectivity index (χ0n) is 14.5. The summed E-state index contributed by atoms with van der Waals surface area (Å²) in [6, 6.07) is 8.83. The van der Waals surface area contributed by atoms with E-state index in [1.54, 1.807) is 6.92 Å². The van der Waals surface area contributed by atoms with Gasteiger partial charge in [-0.3, -0.25) is 0 Å². The Morgan fingerprint density at radius 2 is 1.85 bits per heavy atom. The Balaban J connectivity index is 0.00000243. The molecule has 0 bridgehead atoms. The number of halogens is 1. The third-order valence-electron chi connectivity index (χ3n) is 3.72. The molecule has 26 heavy (non-hydrogen) atoms. The predicted octanol–water partition coefficient (Wildman–Crippen LogP) is 2.44. The first-order chi connectivity index (χ1) is 11.8. The molecule has 0 spiro atoms. The molecule has 0 amide bonds. The second-order valence-electron chi connectivity index (χ2n) is 5.64. The molecule has 0 saturated carbocycles. The molecule has 1 aromatic carbocycles. The van der Waals surface area contributed by atoms with Crippen LogP contribution in [0.4, 0.5) is 0 Å². The van der Waals surface area contributed by atoms with Crippen molar-refractivity contribution in [1.29, 1.82) is 0 Å². The lowest BCUT2D eigenvalue weighted by Gasteiger charge is -2.09. The summed E-state index contributed by atoms with van der Waals surface area (Å²) in [5, 5.41) is 3.92. The molecule has 8 nitrogen and oxygen atoms in total. The van der Waals surface area contributed by atoms with Gasteiger partial charge in [0.25, 0.3) is 5.89 Å². The van der Waals surface area contributed by atoms with Crippen molar-refractivity contribution in [2.24, 2.45) is 5.73 Å². The molecule has 0 radical (unpaired) electrons. The quantitative estimate of drug-likeness (QED) is 0.701. The standard InChI is InChI=1S/C16H18N4O4S.ClH/c1-10-14(25(21,22)20(2)3)8-13(23-10)16-18-15(19-24-16)12-6-4-11(9-17)5-7-12;/h4-8H,9,17H2,1-3H3;1H. The van der Waals surface area contributed by atoms with E-state index in [2.05, 4.69) is 10.1 Å². The highest BCUT2D eigenvalue weighted by atomic mass is 35.5. The average molecular weight is 399 g/mol. The van der Waals surface area contributed by atoms with Gasteiger partial charge in [0.05, 0.1) is 0 Å². The van der Waals surface area contributed by atoms with E-state index in [4.69, 9.17) is 14.7 Å². The van der Waals surface area contributed by atoms with Crippen LogP contribution in [0.2, 0.25) is 0 Å². The number of nitrogens with two attached hydrogens (primary N) is 1. The highest BCUT2D eigenvalue weighted by Gasteiger charge is 2.26. The van der Waals surface area contributed by atoms with E-state index < -0.39 is 10.0 Å². The van der Waals surface area contributed by atoms with E-state index in [-0.39, 0.29) is 34.7 Å². The fourth-order valence-electron chi connectivity index (χ4n) is 2.25. The number of benzene rings is 1. The first-order valence-electron chi connectivity index (χ1n) is 7.49. The summed E-state index contributed by atoms with van der Waals surface area (Å²) in [4.78, 5) is 4.35. The highest BCUT2D eigenvalue weighted by Crippen LogP contribution is 2.29. The van der Waals surface area contributed by atoms with Crippen molar-refractivity contribution in [1.82, 2.24) is 14.4 Å². The fraction of sp³-hybridized carbons (Fsp3) is 0.250. The molecule has 140 valence electrons. The highest BCUT2D eigenvalue weighted by molar-refractivity contribution is 7.89. The van der Waals surface area contributed by atoms with Crippen LogP contribution in [0.25, 0.3) is 23.0 Å². The molecular weight excluding hydrogens is 380 g/mol. The number of aromatic nitrogens is 2. The first-order valence-corrected chi connectivity index (χ1v) is 8.93. The number of sulfonamides is 1. The van der Waals surface area contributed by atoms with Gasteiger partial charge >= 0.3 is 0 Å². The van der Waals surface area contributed by atoms with Gasteiger partial charge in [-0.1, -0.05) is 29.4 Å². The molecule has 0 fully saturated rings. The summed E-state index contributed by atoms with van der Waals surface area (Å²) in [6.07, 6.45) is 0. The monoisotopic (exact) mass is 398 g/mol. The minimum atomic E-state index is -3.61. The Morgan fingerprint density at radius 1 is 1.19 bits per heavy atom. The summed E-state index contributed by atoms with van der Waals surface area (Å²) in [6.45, 7) is 2.02. The summed E-state index contributed by atoms with van der Waals surface area (Å²) >= 11 is 0. The van der Waals surface area contributed by atoms with Crippen LogP contribution in [0.5, 0.6) is 0 Å². The first kappa shape index (κ1) is 20.1. The Bertz CT molecular complexity index is 994. The van der Waals surface area contributed by atoms with Gasteiger partial charge in [0.2, 0.25) is 15.8 Å². The van der Waals surface area contributed by atoms with Crippen molar-refractivity contribution in [2.75, 3.05) is 14.1 Å². The van der Waals surface area contributed by atoms with Gasteiger partial charge in [-0.05, 0) is 12.5 Å². The van der Waals surface area contributed by atoms with Crippen molar-refractivity contribution in [3.8, 4) is 23.0 Å². The second-order valence-corrected chi connectivity index (χ2v) is 7.76. The SMILES string of the molecule is Cc1oc(-c2nc(-c3ccc(CN)cc3)no2)cc1S(=O)(=O)N(C)C.Cl. The van der Waals surface area contributed by atoms with E-state index in [1.807, 2.05) is 24.3 Å². The third-order valence-corrected chi connectivity index (χ3v) is 5.64. The van der Waals surface area contributed by atoms with Gasteiger partial charge in [-0.25, -0.2) is 12.7 Å². The van der Waals surface area contributed by atoms with Gasteiger partial charge in [0.15, 0.2) is 5.76 Å². The van der Waals surface area contributed by atoms with Crippen molar-refractivity contribution >= 4 is 22.4 Å². The maximum Gasteiger partial charge on any atom is 0.293 e. The van der Waals surface area contributed by atoms with E-state index in [0.29, 0.717) is 12.4 Å². The molecule has 3 rings (SSSR count). The van der Waals surface area contributed by atoms with Crippen LogP contribution in [0.1, 0.15) is 11.3 Å². The fourth-order valence-corrected chi connectivity index (χ4v) is 3.31. The van der Waals surface area contributed by atoms with Crippen LogP contribution in [0, 0.1) is 6.92 Å². The minimum Gasteiger partial charge on any atom is -0.455 e. The predicted molar refractivity (Wildman–Crippen MR) is 98.2 cm³/mol. The van der Waals surface area contributed by atoms with E-state index in [1.165, 1.54) is 20.2 Å². The Morgan fingerprint density at radius 3 is 2.42 bits per heavy atom. The number of furan rings is 1. The van der Waals surface area contributed by atoms with Gasteiger partial charge < -0.3 is 14.7 Å². The zero-order valence-corrected chi connectivity index (χ0v) is 16.1. The molecule has 0 unspecified atom stereocenters. The molecule has 0 saturated heterocycles. The number of hydrogen-bond acceptors (Lipinski definition) is 7. The molecule has 2 aromatic heterocycles. The van der Waals surface area contributed by atoms with Gasteiger partial charge in [-0.15, -0.1) is 12.4 Å². The van der Waals surface area contributed by atoms with Crippen molar-refractivity contribution in [3.63, 3.8) is 0 Å². The maximum absolute atomic E-state index is 12.3. The van der Waals surface area contributed by atoms with Crippen LogP contribution in [0.3, 0.4) is 0 Å². The lowest BCUT2D eigenvalue weighted by atomic mass is 10.1. The summed E-state index contributed by atoms with van der Waals surface area (Å²) < 4.78 is 36.4. The van der Waals surface area contributed by atoms with Gasteiger partial charge in [-0.2, -0.15) is 4.98 Å². The smallest absolute Gasteiger partial charge is 0.293 e. The van der Waals surface area contributed by atoms with Crippen LogP contribution >= 0.6 is 12.4 Å². The number of aryl methyl sites for hydroxylation is 1. The minimum absolute atomic E-state index is 0. The zero-order chi connectivity index (χ0) is 18.2. The maximum atomic E-state index is 12.3. The van der Waals surface area contributed by atoms with E-state index in [0.717, 1.165) is 15.4 Å². The molecule has 2 N–H and O–H groups in total. The molecule has 0 aliphatic heterocycles. The molecule has 10 heteroatoms. The van der Waals surface area contributed by atoms with Crippen molar-refractivity contribution in [2.45, 2.75) is 18.4 Å². The van der Waals surface area contributed by atoms with Crippen LogP contribution < -0.4 is 5.73 Å². The second kappa shape index (κ2) is 7.58. The van der Waals surface area contributed by atoms with Crippen LogP contribution in [-0.2, 0) is 16.6 Å². The topological polar surface area (TPSA) is 115 Å². The van der Waals surface area contributed by atoms with Crippen molar-refractivity contribution in [3.05, 3.63) is 41.7 Å². The van der Waals surface area contributed by atoms with Crippen LogP contribution in [-0.4, -0.2) is 37.0 Å². The van der Waals surface area contributed by atoms with E-state index >= 15 is 0 Å². The lowest BCUT2D eigenvalue weighted by molar-refractivity contribution is 0.413. The molecule has 3 aromatic rings. The Labute approximate surface area is 157 Å². The molecule has 0 atom stereocenters. The molecule has 2 heterocycles. The largest absolute Gasteiger partial charge is 0.455 e. The Kier molecular flexibility index (Phi) is 5.87. The third kappa shape index (κ3) is 3.65. The van der Waals surface area contributed by atoms with Crippen LogP contribution in [0.15, 0.2) is 44.2 Å². The number of nitrogens with zero attached hydrogens (tertiary/aromatic N) is 3. The number of hydrogen-bond donors (Lipinski definition) is 1. The van der Waals surface area contributed by atoms with Crippen molar-refractivity contribution < 1.29 is 17.4 Å². The lowest BCUT2D eigenvalue weighted by Crippen LogP contribution is -2.22. The average Bonchev–Trinajstić information content (AvgIpc) is 3.21. The van der Waals surface area contributed by atoms with Gasteiger partial charge in [0, 0.05) is 32.3 Å². The normalized spacial score (nSPS) is 11.6. The Hall–Kier alpha value is -2.20. The number of rotatable bonds is 5. The molecule has 0 aliphatic carbocycles.